The molecule has 0 amide bonds. The maximum Gasteiger partial charge on any atom is 0.0223 e. The van der Waals surface area contributed by atoms with Crippen LogP contribution in [-0.4, -0.2) is 55.3 Å². The third-order valence-electron chi connectivity index (χ3n) is 3.72. The molecule has 1 rings (SSSR count). The third kappa shape index (κ3) is 4.27. The molecule has 0 N–H and O–H groups in total. The van der Waals surface area contributed by atoms with Crippen molar-refractivity contribution >= 4 is 12.6 Å². The Morgan fingerprint density at radius 3 is 2.56 bits per heavy atom. The molecule has 3 heteroatoms. The van der Waals surface area contributed by atoms with E-state index in [2.05, 4.69) is 50.4 Å². The average Bonchev–Trinajstić information content (AvgIpc) is 2.60. The first-order valence-corrected chi connectivity index (χ1v) is 7.17. The van der Waals surface area contributed by atoms with Gasteiger partial charge in [-0.15, -0.1) is 0 Å². The van der Waals surface area contributed by atoms with Gasteiger partial charge >= 0.3 is 0 Å². The molecule has 1 aliphatic rings. The van der Waals surface area contributed by atoms with E-state index in [9.17, 15) is 0 Å². The summed E-state index contributed by atoms with van der Waals surface area (Å²) in [6, 6.07) is 0.774. The molecule has 16 heavy (non-hydrogen) atoms. The molecule has 2 atom stereocenters. The highest BCUT2D eigenvalue weighted by Crippen LogP contribution is 2.22. The maximum atomic E-state index is 4.49. The lowest BCUT2D eigenvalue weighted by molar-refractivity contribution is 0.171. The zero-order valence-corrected chi connectivity index (χ0v) is 12.2. The highest BCUT2D eigenvalue weighted by Gasteiger charge is 2.27. The fraction of sp³-hybridized carbons (Fsp3) is 1.00. The van der Waals surface area contributed by atoms with Gasteiger partial charge in [-0.1, -0.05) is 13.8 Å². The lowest BCUT2D eigenvalue weighted by atomic mass is 9.97. The van der Waals surface area contributed by atoms with E-state index in [1.807, 2.05) is 0 Å². The molecule has 96 valence electrons. The Labute approximate surface area is 107 Å². The third-order valence-corrected chi connectivity index (χ3v) is 4.19. The molecule has 0 aliphatic carbocycles. The summed E-state index contributed by atoms with van der Waals surface area (Å²) in [6.07, 6.45) is 2.74. The Hall–Kier alpha value is 0.270. The molecule has 1 aliphatic heterocycles. The Morgan fingerprint density at radius 2 is 2.06 bits per heavy atom. The summed E-state index contributed by atoms with van der Waals surface area (Å²) in [4.78, 5) is 4.99. The minimum absolute atomic E-state index is 0.742. The molecule has 0 bridgehead atoms. The SMILES string of the molecule is CC(C)C(CS)CN1CCCC1CN(C)C. The fourth-order valence-corrected chi connectivity index (χ4v) is 3.08. The lowest BCUT2D eigenvalue weighted by Crippen LogP contribution is -2.41. The summed E-state index contributed by atoms with van der Waals surface area (Å²) in [7, 11) is 4.35. The summed E-state index contributed by atoms with van der Waals surface area (Å²) < 4.78 is 0. The van der Waals surface area contributed by atoms with E-state index >= 15 is 0 Å². The fourth-order valence-electron chi connectivity index (χ4n) is 2.54. The average molecular weight is 244 g/mol. The number of thiol groups is 1. The minimum atomic E-state index is 0.742. The second-order valence-electron chi connectivity index (χ2n) is 5.74. The quantitative estimate of drug-likeness (QED) is 0.716. The number of hydrogen-bond acceptors (Lipinski definition) is 3. The summed E-state index contributed by atoms with van der Waals surface area (Å²) in [5.74, 6) is 2.51. The van der Waals surface area contributed by atoms with Crippen LogP contribution >= 0.6 is 12.6 Å². The van der Waals surface area contributed by atoms with Crippen LogP contribution in [0.1, 0.15) is 26.7 Å². The highest BCUT2D eigenvalue weighted by atomic mass is 32.1. The molecule has 0 aromatic rings. The van der Waals surface area contributed by atoms with Crippen LogP contribution in [0.2, 0.25) is 0 Å². The van der Waals surface area contributed by atoms with Gasteiger partial charge in [-0.3, -0.25) is 4.90 Å². The van der Waals surface area contributed by atoms with Gasteiger partial charge in [0.15, 0.2) is 0 Å². The van der Waals surface area contributed by atoms with Gasteiger partial charge in [0.25, 0.3) is 0 Å². The highest BCUT2D eigenvalue weighted by molar-refractivity contribution is 7.80. The van der Waals surface area contributed by atoms with E-state index in [0.717, 1.165) is 23.6 Å². The van der Waals surface area contributed by atoms with Crippen LogP contribution in [0.4, 0.5) is 0 Å². The molecule has 0 spiro atoms. The number of rotatable bonds is 6. The van der Waals surface area contributed by atoms with Crippen molar-refractivity contribution < 1.29 is 0 Å². The van der Waals surface area contributed by atoms with Gasteiger partial charge in [0, 0.05) is 19.1 Å². The standard InChI is InChI=1S/C13H28N2S/c1-11(2)12(10-16)8-15-7-5-6-13(15)9-14(3)4/h11-13,16H,5-10H2,1-4H3. The number of nitrogens with zero attached hydrogens (tertiary/aromatic N) is 2. The van der Waals surface area contributed by atoms with E-state index in [0.29, 0.717) is 0 Å². The smallest absolute Gasteiger partial charge is 0.0223 e. The van der Waals surface area contributed by atoms with Crippen LogP contribution in [0, 0.1) is 11.8 Å². The number of likely N-dealkylation sites (N-methyl/N-ethyl adjacent to an activating group) is 1. The molecule has 2 nitrogen and oxygen atoms in total. The van der Waals surface area contributed by atoms with Crippen LogP contribution in [0.3, 0.4) is 0 Å². The number of hydrogen-bond donors (Lipinski definition) is 1. The van der Waals surface area contributed by atoms with Gasteiger partial charge in [-0.25, -0.2) is 0 Å². The molecule has 1 fully saturated rings. The molecule has 0 radical (unpaired) electrons. The van der Waals surface area contributed by atoms with E-state index in [1.54, 1.807) is 0 Å². The Kier molecular flexibility index (Phi) is 6.16. The van der Waals surface area contributed by atoms with Gasteiger partial charge in [0.1, 0.15) is 0 Å². The van der Waals surface area contributed by atoms with Crippen molar-refractivity contribution in [3.8, 4) is 0 Å². The van der Waals surface area contributed by atoms with Gasteiger partial charge in [-0.05, 0) is 51.1 Å². The van der Waals surface area contributed by atoms with Crippen molar-refractivity contribution in [2.45, 2.75) is 32.7 Å². The topological polar surface area (TPSA) is 6.48 Å². The van der Waals surface area contributed by atoms with Crippen LogP contribution in [0.5, 0.6) is 0 Å². The lowest BCUT2D eigenvalue weighted by Gasteiger charge is -2.31. The van der Waals surface area contributed by atoms with Gasteiger partial charge in [0.05, 0.1) is 0 Å². The largest absolute Gasteiger partial charge is 0.308 e. The van der Waals surface area contributed by atoms with Gasteiger partial charge < -0.3 is 4.90 Å². The molecular formula is C13H28N2S. The summed E-state index contributed by atoms with van der Waals surface area (Å²) in [5, 5.41) is 0. The molecule has 0 saturated carbocycles. The molecule has 1 heterocycles. The first-order valence-electron chi connectivity index (χ1n) is 6.54. The minimum Gasteiger partial charge on any atom is -0.308 e. The predicted octanol–water partition coefficient (Wildman–Crippen LogP) is 2.21. The number of likely N-dealkylation sites (tertiary alicyclic amines) is 1. The summed E-state index contributed by atoms with van der Waals surface area (Å²) >= 11 is 4.49. The second-order valence-corrected chi connectivity index (χ2v) is 6.11. The van der Waals surface area contributed by atoms with Crippen molar-refractivity contribution in [3.63, 3.8) is 0 Å². The van der Waals surface area contributed by atoms with E-state index in [-0.39, 0.29) is 0 Å². The van der Waals surface area contributed by atoms with E-state index < -0.39 is 0 Å². The maximum absolute atomic E-state index is 4.49. The van der Waals surface area contributed by atoms with Crippen LogP contribution in [-0.2, 0) is 0 Å². The van der Waals surface area contributed by atoms with E-state index in [1.165, 1.54) is 32.5 Å². The van der Waals surface area contributed by atoms with Crippen molar-refractivity contribution in [3.05, 3.63) is 0 Å². The monoisotopic (exact) mass is 244 g/mol. The predicted molar refractivity (Wildman–Crippen MR) is 75.3 cm³/mol. The van der Waals surface area contributed by atoms with Crippen molar-refractivity contribution in [1.29, 1.82) is 0 Å². The van der Waals surface area contributed by atoms with Crippen molar-refractivity contribution in [1.82, 2.24) is 9.80 Å². The molecular weight excluding hydrogens is 216 g/mol. The Balaban J connectivity index is 2.45. The zero-order valence-electron chi connectivity index (χ0n) is 11.3. The zero-order chi connectivity index (χ0) is 12.1. The first kappa shape index (κ1) is 14.3. The van der Waals surface area contributed by atoms with Gasteiger partial charge in [0.2, 0.25) is 0 Å². The van der Waals surface area contributed by atoms with Gasteiger partial charge in [-0.2, -0.15) is 12.6 Å². The van der Waals surface area contributed by atoms with Crippen LogP contribution in [0.15, 0.2) is 0 Å². The molecule has 1 saturated heterocycles. The van der Waals surface area contributed by atoms with Crippen LogP contribution < -0.4 is 0 Å². The van der Waals surface area contributed by atoms with E-state index in [4.69, 9.17) is 0 Å². The normalized spacial score (nSPS) is 24.6. The Morgan fingerprint density at radius 1 is 1.38 bits per heavy atom. The Bertz CT molecular complexity index is 194. The molecule has 0 aromatic heterocycles. The first-order chi connectivity index (χ1) is 7.54. The van der Waals surface area contributed by atoms with Crippen molar-refractivity contribution in [2.24, 2.45) is 11.8 Å². The molecule has 2 unspecified atom stereocenters. The second kappa shape index (κ2) is 6.87. The van der Waals surface area contributed by atoms with Crippen molar-refractivity contribution in [2.75, 3.05) is 39.5 Å². The molecule has 0 aromatic carbocycles. The summed E-state index contributed by atoms with van der Waals surface area (Å²) in [5.41, 5.74) is 0. The summed E-state index contributed by atoms with van der Waals surface area (Å²) in [6.45, 7) is 8.36. The van der Waals surface area contributed by atoms with Crippen LogP contribution in [0.25, 0.3) is 0 Å².